The normalized spacial score (nSPS) is 13.3. The molecule has 3 aromatic carbocycles. The molecule has 2 N–H and O–H groups in total. The van der Waals surface area contributed by atoms with Crippen molar-refractivity contribution in [1.29, 1.82) is 0 Å². The number of benzene rings is 3. The molecule has 0 aliphatic carbocycles. The third-order valence-electron chi connectivity index (χ3n) is 5.89. The van der Waals surface area contributed by atoms with E-state index in [9.17, 15) is 14.4 Å². The highest BCUT2D eigenvalue weighted by Gasteiger charge is 2.40. The van der Waals surface area contributed by atoms with Gasteiger partial charge in [0.1, 0.15) is 10.6 Å². The fourth-order valence-electron chi connectivity index (χ4n) is 3.84. The zero-order valence-electron chi connectivity index (χ0n) is 20.1. The maximum absolute atomic E-state index is 13.7. The van der Waals surface area contributed by atoms with Gasteiger partial charge in [-0.05, 0) is 78.9 Å². The second-order valence-electron chi connectivity index (χ2n) is 8.47. The molecule has 0 saturated carbocycles. The van der Waals surface area contributed by atoms with Crippen LogP contribution in [0.2, 0.25) is 0 Å². The van der Waals surface area contributed by atoms with E-state index >= 15 is 0 Å². The van der Waals surface area contributed by atoms with E-state index in [1.165, 1.54) is 28.0 Å². The van der Waals surface area contributed by atoms with E-state index in [-0.39, 0.29) is 16.5 Å². The number of thioether (sulfide) groups is 1. The summed E-state index contributed by atoms with van der Waals surface area (Å²) in [7, 11) is 0. The predicted molar refractivity (Wildman–Crippen MR) is 150 cm³/mol. The van der Waals surface area contributed by atoms with Crippen molar-refractivity contribution in [3.63, 3.8) is 0 Å². The lowest BCUT2D eigenvalue weighted by molar-refractivity contribution is -0.120. The minimum absolute atomic E-state index is 0.198. The summed E-state index contributed by atoms with van der Waals surface area (Å²) in [5.74, 6) is -1.01. The van der Waals surface area contributed by atoms with Gasteiger partial charge >= 0.3 is 0 Å². The van der Waals surface area contributed by atoms with Gasteiger partial charge in [0.15, 0.2) is 0 Å². The second kappa shape index (κ2) is 10.5. The van der Waals surface area contributed by atoms with Crippen LogP contribution in [0.1, 0.15) is 20.8 Å². The molecule has 0 fully saturated rings. The summed E-state index contributed by atoms with van der Waals surface area (Å²) in [6, 6.07) is 25.6. The van der Waals surface area contributed by atoms with Crippen LogP contribution in [0.25, 0.3) is 0 Å². The van der Waals surface area contributed by atoms with Gasteiger partial charge in [0.25, 0.3) is 17.7 Å². The van der Waals surface area contributed by atoms with Gasteiger partial charge in [-0.3, -0.25) is 14.4 Å². The van der Waals surface area contributed by atoms with Crippen LogP contribution in [0.5, 0.6) is 0 Å². The lowest BCUT2D eigenvalue weighted by Crippen LogP contribution is -2.32. The number of nitrogens with one attached hydrogen (secondary N) is 2. The van der Waals surface area contributed by atoms with Gasteiger partial charge in [-0.25, -0.2) is 4.90 Å². The van der Waals surface area contributed by atoms with Crippen molar-refractivity contribution in [3.05, 3.63) is 117 Å². The smallest absolute Gasteiger partial charge is 0.283 e. The summed E-state index contributed by atoms with van der Waals surface area (Å²) in [5, 5.41) is 7.90. The summed E-state index contributed by atoms with van der Waals surface area (Å²) in [5.41, 5.74) is 4.12. The Hall–Kier alpha value is -4.14. The maximum atomic E-state index is 13.7. The number of anilines is 3. The quantitative estimate of drug-likeness (QED) is 0.266. The minimum Gasteiger partial charge on any atom is -0.350 e. The third-order valence-corrected chi connectivity index (χ3v) is 7.83. The Bertz CT molecular complexity index is 1530. The molecule has 0 unspecified atom stereocenters. The summed E-state index contributed by atoms with van der Waals surface area (Å²) < 4.78 is 0. The number of thiophene rings is 1. The highest BCUT2D eigenvalue weighted by Crippen LogP contribution is 2.39. The molecule has 0 spiro atoms. The Morgan fingerprint density at radius 3 is 2.32 bits per heavy atom. The van der Waals surface area contributed by atoms with Gasteiger partial charge in [0.05, 0.1) is 10.6 Å². The number of para-hydroxylation sites is 1. The number of hydrogen-bond acceptors (Lipinski definition) is 6. The van der Waals surface area contributed by atoms with Crippen LogP contribution in [0.3, 0.4) is 0 Å². The van der Waals surface area contributed by atoms with E-state index in [1.54, 1.807) is 30.3 Å². The molecule has 1 aliphatic rings. The summed E-state index contributed by atoms with van der Waals surface area (Å²) in [6.45, 7) is 3.94. The predicted octanol–water partition coefficient (Wildman–Crippen LogP) is 6.61. The van der Waals surface area contributed by atoms with Gasteiger partial charge in [0, 0.05) is 16.3 Å². The standard InChI is InChI=1S/C29H23N3O3S2/c1-18-13-14-22(16-19(18)2)32-28(34)25(30-20-8-4-3-5-9-20)26(29(32)35)37-23-11-6-10-21(17-23)31-27(33)24-12-7-15-36-24/h3-17,30H,1-2H3,(H,31,33). The fourth-order valence-corrected chi connectivity index (χ4v) is 5.44. The Kier molecular flexibility index (Phi) is 6.94. The molecule has 37 heavy (non-hydrogen) atoms. The van der Waals surface area contributed by atoms with Gasteiger partial charge in [-0.15, -0.1) is 11.3 Å². The molecule has 184 valence electrons. The molecular formula is C29H23N3O3S2. The van der Waals surface area contributed by atoms with Crippen LogP contribution in [-0.4, -0.2) is 17.7 Å². The molecule has 0 radical (unpaired) electrons. The maximum Gasteiger partial charge on any atom is 0.283 e. The van der Waals surface area contributed by atoms with Crippen molar-refractivity contribution in [1.82, 2.24) is 0 Å². The van der Waals surface area contributed by atoms with E-state index in [4.69, 9.17) is 0 Å². The number of carbonyl (C=O) groups is 3. The molecular weight excluding hydrogens is 502 g/mol. The Morgan fingerprint density at radius 1 is 0.811 bits per heavy atom. The van der Waals surface area contributed by atoms with Gasteiger partial charge in [-0.1, -0.05) is 48.2 Å². The summed E-state index contributed by atoms with van der Waals surface area (Å²) in [6.07, 6.45) is 0. The highest BCUT2D eigenvalue weighted by molar-refractivity contribution is 8.04. The molecule has 0 atom stereocenters. The number of hydrogen-bond donors (Lipinski definition) is 2. The Morgan fingerprint density at radius 2 is 1.59 bits per heavy atom. The van der Waals surface area contributed by atoms with Crippen molar-refractivity contribution in [2.45, 2.75) is 18.7 Å². The molecule has 5 rings (SSSR count). The van der Waals surface area contributed by atoms with Crippen LogP contribution >= 0.6 is 23.1 Å². The van der Waals surface area contributed by atoms with Crippen molar-refractivity contribution in [2.75, 3.05) is 15.5 Å². The van der Waals surface area contributed by atoms with Crippen LogP contribution in [0.4, 0.5) is 17.1 Å². The van der Waals surface area contributed by atoms with E-state index in [0.29, 0.717) is 21.9 Å². The molecule has 1 aromatic heterocycles. The molecule has 0 bridgehead atoms. The number of amides is 3. The molecule has 4 aromatic rings. The summed E-state index contributed by atoms with van der Waals surface area (Å²) >= 11 is 2.55. The number of carbonyl (C=O) groups excluding carboxylic acids is 3. The number of rotatable bonds is 7. The zero-order valence-corrected chi connectivity index (χ0v) is 21.8. The number of imide groups is 1. The van der Waals surface area contributed by atoms with Crippen molar-refractivity contribution >= 4 is 57.9 Å². The first-order chi connectivity index (χ1) is 17.9. The number of nitrogens with zero attached hydrogens (tertiary/aromatic N) is 1. The van der Waals surface area contributed by atoms with E-state index in [1.807, 2.05) is 73.8 Å². The van der Waals surface area contributed by atoms with E-state index in [0.717, 1.165) is 16.0 Å². The van der Waals surface area contributed by atoms with E-state index in [2.05, 4.69) is 10.6 Å². The van der Waals surface area contributed by atoms with Crippen LogP contribution in [0.15, 0.2) is 106 Å². The largest absolute Gasteiger partial charge is 0.350 e. The average Bonchev–Trinajstić information content (AvgIpc) is 3.51. The first-order valence-corrected chi connectivity index (χ1v) is 13.3. The Balaban J connectivity index is 1.47. The zero-order chi connectivity index (χ0) is 25.9. The lowest BCUT2D eigenvalue weighted by Gasteiger charge is -2.16. The molecule has 6 nitrogen and oxygen atoms in total. The SMILES string of the molecule is Cc1ccc(N2C(=O)C(Nc3ccccc3)=C(Sc3cccc(NC(=O)c4cccs4)c3)C2=O)cc1C. The monoisotopic (exact) mass is 525 g/mol. The first kappa shape index (κ1) is 24.5. The van der Waals surface area contributed by atoms with Crippen LogP contribution in [0, 0.1) is 13.8 Å². The van der Waals surface area contributed by atoms with Crippen LogP contribution in [-0.2, 0) is 9.59 Å². The van der Waals surface area contributed by atoms with Crippen LogP contribution < -0.4 is 15.5 Å². The highest BCUT2D eigenvalue weighted by atomic mass is 32.2. The fraction of sp³-hybridized carbons (Fsp3) is 0.0690. The number of aryl methyl sites for hydroxylation is 2. The van der Waals surface area contributed by atoms with Gasteiger partial charge in [-0.2, -0.15) is 0 Å². The molecule has 1 aliphatic heterocycles. The van der Waals surface area contributed by atoms with E-state index < -0.39 is 11.8 Å². The van der Waals surface area contributed by atoms with Crippen molar-refractivity contribution in [2.24, 2.45) is 0 Å². The molecule has 2 heterocycles. The lowest BCUT2D eigenvalue weighted by atomic mass is 10.1. The first-order valence-electron chi connectivity index (χ1n) is 11.6. The van der Waals surface area contributed by atoms with Gasteiger partial charge in [0.2, 0.25) is 0 Å². The summed E-state index contributed by atoms with van der Waals surface area (Å²) in [4.78, 5) is 42.6. The second-order valence-corrected chi connectivity index (χ2v) is 10.5. The molecule has 8 heteroatoms. The topological polar surface area (TPSA) is 78.5 Å². The Labute approximate surface area is 223 Å². The molecule has 3 amide bonds. The molecule has 0 saturated heterocycles. The third kappa shape index (κ3) is 5.21. The van der Waals surface area contributed by atoms with Crippen molar-refractivity contribution < 1.29 is 14.4 Å². The van der Waals surface area contributed by atoms with Crippen molar-refractivity contribution in [3.8, 4) is 0 Å². The minimum atomic E-state index is -0.415. The average molecular weight is 526 g/mol. The van der Waals surface area contributed by atoms with Gasteiger partial charge < -0.3 is 10.6 Å².